The van der Waals surface area contributed by atoms with Crippen LogP contribution in [0.1, 0.15) is 17.2 Å². The van der Waals surface area contributed by atoms with Crippen molar-refractivity contribution in [3.05, 3.63) is 80.4 Å². The molecule has 1 fully saturated rings. The number of ketones is 1. The molecule has 9 heteroatoms. The minimum Gasteiger partial charge on any atom is -0.507 e. The van der Waals surface area contributed by atoms with E-state index in [4.69, 9.17) is 11.6 Å². The highest BCUT2D eigenvalue weighted by molar-refractivity contribution is 6.46. The summed E-state index contributed by atoms with van der Waals surface area (Å²) in [6, 6.07) is 11.0. The average molecular weight is 430 g/mol. The summed E-state index contributed by atoms with van der Waals surface area (Å²) in [5, 5.41) is 22.6. The number of amides is 1. The topological polar surface area (TPSA) is 104 Å². The number of benzene rings is 2. The van der Waals surface area contributed by atoms with Crippen LogP contribution in [0.25, 0.3) is 5.76 Å². The maximum absolute atomic E-state index is 12.9. The van der Waals surface area contributed by atoms with Gasteiger partial charge in [0.1, 0.15) is 5.76 Å². The summed E-state index contributed by atoms with van der Waals surface area (Å²) in [4.78, 5) is 39.5. The number of nitrogens with zero attached hydrogens (tertiary/aromatic N) is 3. The molecule has 30 heavy (non-hydrogen) atoms. The zero-order chi connectivity index (χ0) is 22.0. The number of hydrogen-bond donors (Lipinski definition) is 1. The summed E-state index contributed by atoms with van der Waals surface area (Å²) >= 11 is 5.90. The number of non-ortho nitro benzene ring substituents is 1. The number of aliphatic hydroxyl groups excluding tert-OH is 1. The van der Waals surface area contributed by atoms with Gasteiger partial charge < -0.3 is 14.9 Å². The van der Waals surface area contributed by atoms with E-state index < -0.39 is 22.7 Å². The Morgan fingerprint density at radius 2 is 1.87 bits per heavy atom. The average Bonchev–Trinajstić information content (AvgIpc) is 2.97. The normalized spacial score (nSPS) is 18.3. The van der Waals surface area contributed by atoms with E-state index in [2.05, 4.69) is 0 Å². The van der Waals surface area contributed by atoms with Crippen LogP contribution in [0.4, 0.5) is 5.69 Å². The van der Waals surface area contributed by atoms with Crippen molar-refractivity contribution in [1.82, 2.24) is 9.80 Å². The van der Waals surface area contributed by atoms with Gasteiger partial charge in [-0.15, -0.1) is 0 Å². The maximum atomic E-state index is 12.9. The second kappa shape index (κ2) is 8.64. The number of nitro benzene ring substituents is 1. The summed E-state index contributed by atoms with van der Waals surface area (Å²) in [5.41, 5.74) is 0.414. The van der Waals surface area contributed by atoms with Crippen LogP contribution in [0.2, 0.25) is 5.02 Å². The Balaban J connectivity index is 2.17. The number of hydrogen-bond acceptors (Lipinski definition) is 6. The van der Waals surface area contributed by atoms with Gasteiger partial charge in [0.05, 0.1) is 16.5 Å². The molecular formula is C21H20ClN3O5. The second-order valence-corrected chi connectivity index (χ2v) is 7.59. The lowest BCUT2D eigenvalue weighted by Crippen LogP contribution is -2.35. The molecule has 1 aliphatic rings. The third kappa shape index (κ3) is 4.19. The quantitative estimate of drug-likeness (QED) is 0.248. The minimum atomic E-state index is -0.944. The third-order valence-electron chi connectivity index (χ3n) is 4.84. The van der Waals surface area contributed by atoms with Crippen LogP contribution >= 0.6 is 11.6 Å². The number of likely N-dealkylation sites (N-methyl/N-ethyl adjacent to an activating group) is 1. The standard InChI is InChI=1S/C21H20ClN3O5/c1-23(2)10-11-24-18(14-4-3-5-16(12-14)25(29)30)17(20(27)21(24)28)19(26)13-6-8-15(22)9-7-13/h3-9,12,18,26H,10-11H2,1-2H3/t18-/m1/s1. The highest BCUT2D eigenvalue weighted by Crippen LogP contribution is 2.40. The van der Waals surface area contributed by atoms with Crippen molar-refractivity contribution < 1.29 is 19.6 Å². The van der Waals surface area contributed by atoms with Crippen molar-refractivity contribution in [2.24, 2.45) is 0 Å². The van der Waals surface area contributed by atoms with Gasteiger partial charge in [-0.2, -0.15) is 0 Å². The Labute approximate surface area is 178 Å². The van der Waals surface area contributed by atoms with E-state index in [9.17, 15) is 24.8 Å². The molecule has 1 N–H and O–H groups in total. The highest BCUT2D eigenvalue weighted by atomic mass is 35.5. The minimum absolute atomic E-state index is 0.110. The fourth-order valence-corrected chi connectivity index (χ4v) is 3.46. The summed E-state index contributed by atoms with van der Waals surface area (Å²) in [7, 11) is 3.65. The van der Waals surface area contributed by atoms with Crippen molar-refractivity contribution in [2.75, 3.05) is 27.2 Å². The van der Waals surface area contributed by atoms with E-state index in [1.54, 1.807) is 18.2 Å². The van der Waals surface area contributed by atoms with Gasteiger partial charge in [-0.25, -0.2) is 0 Å². The molecule has 1 aliphatic heterocycles. The number of rotatable bonds is 6. The highest BCUT2D eigenvalue weighted by Gasteiger charge is 2.46. The zero-order valence-electron chi connectivity index (χ0n) is 16.4. The lowest BCUT2D eigenvalue weighted by Gasteiger charge is -2.26. The molecule has 0 saturated carbocycles. The van der Waals surface area contributed by atoms with Gasteiger partial charge in [-0.1, -0.05) is 23.7 Å². The SMILES string of the molecule is CN(C)CCN1C(=O)C(=O)C(=C(O)c2ccc(Cl)cc2)[C@H]1c1cccc([N+](=O)[O-])c1. The van der Waals surface area contributed by atoms with Crippen molar-refractivity contribution in [1.29, 1.82) is 0 Å². The second-order valence-electron chi connectivity index (χ2n) is 7.15. The zero-order valence-corrected chi connectivity index (χ0v) is 17.2. The number of nitro groups is 1. The van der Waals surface area contributed by atoms with Gasteiger partial charge in [-0.05, 0) is 43.9 Å². The van der Waals surface area contributed by atoms with Crippen molar-refractivity contribution >= 4 is 34.7 Å². The molecule has 0 unspecified atom stereocenters. The summed E-state index contributed by atoms with van der Waals surface area (Å²) in [5.74, 6) is -1.95. The Bertz CT molecular complexity index is 1030. The first-order chi connectivity index (χ1) is 14.2. The Morgan fingerprint density at radius 1 is 1.20 bits per heavy atom. The molecular weight excluding hydrogens is 410 g/mol. The van der Waals surface area contributed by atoms with Crippen LogP contribution in [-0.2, 0) is 9.59 Å². The van der Waals surface area contributed by atoms with E-state index >= 15 is 0 Å². The van der Waals surface area contributed by atoms with Crippen LogP contribution in [0, 0.1) is 10.1 Å². The van der Waals surface area contributed by atoms with Crippen molar-refractivity contribution in [2.45, 2.75) is 6.04 Å². The third-order valence-corrected chi connectivity index (χ3v) is 5.09. The molecule has 0 bridgehead atoms. The molecule has 1 atom stereocenters. The molecule has 1 saturated heterocycles. The smallest absolute Gasteiger partial charge is 0.295 e. The first-order valence-corrected chi connectivity index (χ1v) is 9.52. The number of carbonyl (C=O) groups is 2. The molecule has 0 radical (unpaired) electrons. The van der Waals surface area contributed by atoms with Crippen LogP contribution < -0.4 is 0 Å². The van der Waals surface area contributed by atoms with E-state index in [0.717, 1.165) is 0 Å². The number of aliphatic hydroxyl groups is 1. The first-order valence-electron chi connectivity index (χ1n) is 9.14. The largest absolute Gasteiger partial charge is 0.507 e. The van der Waals surface area contributed by atoms with Crippen molar-refractivity contribution in [3.63, 3.8) is 0 Å². The predicted octanol–water partition coefficient (Wildman–Crippen LogP) is 3.23. The van der Waals surface area contributed by atoms with Crippen LogP contribution in [0.5, 0.6) is 0 Å². The number of likely N-dealkylation sites (tertiary alicyclic amines) is 1. The Hall–Kier alpha value is -3.23. The van der Waals surface area contributed by atoms with Gasteiger partial charge in [-0.3, -0.25) is 19.7 Å². The van der Waals surface area contributed by atoms with E-state index in [1.165, 1.54) is 35.2 Å². The first kappa shape index (κ1) is 21.5. The summed E-state index contributed by atoms with van der Waals surface area (Å²) < 4.78 is 0. The van der Waals surface area contributed by atoms with Crippen LogP contribution in [0.3, 0.4) is 0 Å². The van der Waals surface area contributed by atoms with Gasteiger partial charge in [0.25, 0.3) is 17.4 Å². The number of carbonyl (C=O) groups excluding carboxylic acids is 2. The Morgan fingerprint density at radius 3 is 2.47 bits per heavy atom. The van der Waals surface area contributed by atoms with Crippen molar-refractivity contribution in [3.8, 4) is 0 Å². The maximum Gasteiger partial charge on any atom is 0.295 e. The van der Waals surface area contributed by atoms with Gasteiger partial charge >= 0.3 is 0 Å². The molecule has 1 amide bonds. The fraction of sp³-hybridized carbons (Fsp3) is 0.238. The summed E-state index contributed by atoms with van der Waals surface area (Å²) in [6.07, 6.45) is 0. The molecule has 156 valence electrons. The lowest BCUT2D eigenvalue weighted by molar-refractivity contribution is -0.384. The molecule has 3 rings (SSSR count). The Kier molecular flexibility index (Phi) is 6.19. The number of Topliss-reactive ketones (excluding diaryl/α,β-unsaturated/α-hetero) is 1. The lowest BCUT2D eigenvalue weighted by atomic mass is 9.95. The molecule has 1 heterocycles. The van der Waals surface area contributed by atoms with Gasteiger partial charge in [0.2, 0.25) is 0 Å². The van der Waals surface area contributed by atoms with Gasteiger partial charge in [0, 0.05) is 35.8 Å². The molecule has 0 aromatic heterocycles. The van der Waals surface area contributed by atoms with Crippen LogP contribution in [0.15, 0.2) is 54.1 Å². The molecule has 2 aromatic carbocycles. The predicted molar refractivity (Wildman–Crippen MR) is 112 cm³/mol. The summed E-state index contributed by atoms with van der Waals surface area (Å²) in [6.45, 7) is 0.682. The molecule has 0 spiro atoms. The van der Waals surface area contributed by atoms with E-state index in [1.807, 2.05) is 19.0 Å². The van der Waals surface area contributed by atoms with Gasteiger partial charge in [0.15, 0.2) is 0 Å². The van der Waals surface area contributed by atoms with E-state index in [0.29, 0.717) is 22.7 Å². The molecule has 8 nitrogen and oxygen atoms in total. The molecule has 2 aromatic rings. The monoisotopic (exact) mass is 429 g/mol. The molecule has 0 aliphatic carbocycles. The number of halogens is 1. The van der Waals surface area contributed by atoms with E-state index in [-0.39, 0.29) is 23.6 Å². The fourth-order valence-electron chi connectivity index (χ4n) is 3.34. The van der Waals surface area contributed by atoms with Crippen LogP contribution in [-0.4, -0.2) is 58.7 Å².